The van der Waals surface area contributed by atoms with Gasteiger partial charge in [0.05, 0.1) is 0 Å². The summed E-state index contributed by atoms with van der Waals surface area (Å²) >= 11 is 0.105. The fourth-order valence-electron chi connectivity index (χ4n) is 2.12. The molecule has 0 aliphatic heterocycles. The van der Waals surface area contributed by atoms with E-state index in [0.717, 1.165) is 5.92 Å². The molecule has 14 heavy (non-hydrogen) atoms. The summed E-state index contributed by atoms with van der Waals surface area (Å²) in [5.41, 5.74) is 0. The molecule has 1 saturated carbocycles. The van der Waals surface area contributed by atoms with Crippen molar-refractivity contribution in [2.75, 3.05) is 0 Å². The monoisotopic (exact) mass is 251 g/mol. The van der Waals surface area contributed by atoms with E-state index in [0.29, 0.717) is 0 Å². The van der Waals surface area contributed by atoms with E-state index in [1.54, 1.807) is 0 Å². The van der Waals surface area contributed by atoms with Gasteiger partial charge in [0, 0.05) is 0 Å². The zero-order valence-corrected chi connectivity index (χ0v) is 10.7. The Bertz CT molecular complexity index is 254. The minimum atomic E-state index is 0.105. The van der Waals surface area contributed by atoms with Gasteiger partial charge in [-0.05, 0) is 0 Å². The Balaban J connectivity index is 1.76. The first-order valence-electron chi connectivity index (χ1n) is 5.59. The van der Waals surface area contributed by atoms with E-state index in [9.17, 15) is 0 Å². The molecule has 1 aromatic rings. The maximum absolute atomic E-state index is 4.18. The summed E-state index contributed by atoms with van der Waals surface area (Å²) in [5.74, 6) is 1.05. The molecule has 1 aliphatic rings. The molecule has 0 N–H and O–H groups in total. The number of nitrogens with zero attached hydrogens (tertiary/aromatic N) is 1. The van der Waals surface area contributed by atoms with Crippen LogP contribution in [0.15, 0.2) is 24.5 Å². The predicted octanol–water partition coefficient (Wildman–Crippen LogP) is 2.14. The first-order valence-corrected chi connectivity index (χ1v) is 8.12. The van der Waals surface area contributed by atoms with Crippen LogP contribution in [0, 0.1) is 5.92 Å². The molecule has 1 unspecified atom stereocenters. The Morgan fingerprint density at radius 1 is 1.29 bits per heavy atom. The van der Waals surface area contributed by atoms with Gasteiger partial charge in [-0.1, -0.05) is 0 Å². The molecule has 1 atom stereocenters. The van der Waals surface area contributed by atoms with E-state index in [1.807, 2.05) is 6.20 Å². The third-order valence-corrected chi connectivity index (χ3v) is 6.10. The molecule has 0 aromatic carbocycles. The average Bonchev–Trinajstić information content (AvgIpc) is 2.29. The van der Waals surface area contributed by atoms with Crippen molar-refractivity contribution in [2.45, 2.75) is 37.3 Å². The SMILES string of the molecule is c1cncc([AsH]CC2CCCCC2)c1. The quantitative estimate of drug-likeness (QED) is 0.750. The van der Waals surface area contributed by atoms with Crippen LogP contribution >= 0.6 is 0 Å². The standard InChI is InChI=1S/C12H18AsN/c1-2-5-11(6-3-1)9-13-12-7-4-8-14-10-12/h4,7-8,10-11,13H,1-3,5-6,9H2. The van der Waals surface area contributed by atoms with Gasteiger partial charge in [0.2, 0.25) is 0 Å². The van der Waals surface area contributed by atoms with Gasteiger partial charge in [-0.25, -0.2) is 0 Å². The Morgan fingerprint density at radius 2 is 2.14 bits per heavy atom. The minimum absolute atomic E-state index is 0.105. The molecular weight excluding hydrogens is 233 g/mol. The van der Waals surface area contributed by atoms with Crippen molar-refractivity contribution < 1.29 is 0 Å². The van der Waals surface area contributed by atoms with E-state index >= 15 is 0 Å². The van der Waals surface area contributed by atoms with Crippen LogP contribution in [0.25, 0.3) is 0 Å². The Morgan fingerprint density at radius 3 is 2.86 bits per heavy atom. The number of rotatable bonds is 3. The van der Waals surface area contributed by atoms with Crippen molar-refractivity contribution >= 4 is 20.1 Å². The number of pyridine rings is 1. The maximum atomic E-state index is 4.18. The fraction of sp³-hybridized carbons (Fsp3) is 0.583. The zero-order chi connectivity index (χ0) is 9.64. The summed E-state index contributed by atoms with van der Waals surface area (Å²) in [4.78, 5) is 4.18. The summed E-state index contributed by atoms with van der Waals surface area (Å²) in [6.07, 6.45) is 11.3. The molecule has 0 spiro atoms. The molecule has 2 heteroatoms. The van der Waals surface area contributed by atoms with Crippen molar-refractivity contribution in [3.8, 4) is 0 Å². The Hall–Kier alpha value is -0.292. The van der Waals surface area contributed by atoms with Gasteiger partial charge in [0.1, 0.15) is 0 Å². The van der Waals surface area contributed by atoms with Crippen LogP contribution < -0.4 is 4.35 Å². The van der Waals surface area contributed by atoms with Crippen LogP contribution in [0.3, 0.4) is 0 Å². The van der Waals surface area contributed by atoms with Crippen LogP contribution in [0.5, 0.6) is 0 Å². The van der Waals surface area contributed by atoms with Gasteiger partial charge in [0.25, 0.3) is 0 Å². The Labute approximate surface area is 93.0 Å². The molecule has 1 aliphatic carbocycles. The summed E-state index contributed by atoms with van der Waals surface area (Å²) in [5, 5.41) is 1.49. The molecule has 0 radical (unpaired) electrons. The molecule has 76 valence electrons. The van der Waals surface area contributed by atoms with E-state index in [4.69, 9.17) is 0 Å². The van der Waals surface area contributed by atoms with Gasteiger partial charge in [-0.2, -0.15) is 0 Å². The molecule has 0 amide bonds. The summed E-state index contributed by atoms with van der Waals surface area (Å²) in [6.45, 7) is 0. The average molecular weight is 251 g/mol. The fourth-order valence-corrected chi connectivity index (χ4v) is 4.87. The van der Waals surface area contributed by atoms with Gasteiger partial charge in [-0.3, -0.25) is 0 Å². The van der Waals surface area contributed by atoms with Crippen molar-refractivity contribution in [3.63, 3.8) is 0 Å². The second kappa shape index (κ2) is 5.56. The number of aromatic nitrogens is 1. The van der Waals surface area contributed by atoms with Crippen LogP contribution in [0.2, 0.25) is 5.21 Å². The molecule has 1 aromatic heterocycles. The Kier molecular flexibility index (Phi) is 4.06. The molecule has 0 bridgehead atoms. The number of hydrogen-bond donors (Lipinski definition) is 0. The molecule has 1 fully saturated rings. The second-order valence-corrected chi connectivity index (χ2v) is 6.94. The summed E-state index contributed by atoms with van der Waals surface area (Å²) in [7, 11) is 0. The molecular formula is C12H18AsN. The van der Waals surface area contributed by atoms with Gasteiger partial charge in [0.15, 0.2) is 0 Å². The molecule has 1 heterocycles. The summed E-state index contributed by atoms with van der Waals surface area (Å²) < 4.78 is 1.53. The van der Waals surface area contributed by atoms with Crippen LogP contribution in [0.1, 0.15) is 32.1 Å². The van der Waals surface area contributed by atoms with Gasteiger partial charge >= 0.3 is 92.8 Å². The molecule has 1 nitrogen and oxygen atoms in total. The van der Waals surface area contributed by atoms with E-state index in [-0.39, 0.29) is 15.8 Å². The van der Waals surface area contributed by atoms with Crippen molar-refractivity contribution in [1.82, 2.24) is 4.98 Å². The third kappa shape index (κ3) is 3.13. The zero-order valence-electron chi connectivity index (χ0n) is 8.58. The first kappa shape index (κ1) is 10.2. The number of hydrogen-bond acceptors (Lipinski definition) is 1. The van der Waals surface area contributed by atoms with E-state index < -0.39 is 0 Å². The van der Waals surface area contributed by atoms with Gasteiger partial charge in [-0.15, -0.1) is 0 Å². The summed E-state index contributed by atoms with van der Waals surface area (Å²) in [6, 6.07) is 4.32. The predicted molar refractivity (Wildman–Crippen MR) is 62.4 cm³/mol. The third-order valence-electron chi connectivity index (χ3n) is 2.98. The van der Waals surface area contributed by atoms with Crippen LogP contribution in [-0.2, 0) is 0 Å². The van der Waals surface area contributed by atoms with Gasteiger partial charge < -0.3 is 0 Å². The van der Waals surface area contributed by atoms with Crippen molar-refractivity contribution in [3.05, 3.63) is 24.5 Å². The molecule has 0 saturated heterocycles. The van der Waals surface area contributed by atoms with Crippen LogP contribution in [0.4, 0.5) is 0 Å². The molecule has 2 rings (SSSR count). The van der Waals surface area contributed by atoms with Crippen molar-refractivity contribution in [2.24, 2.45) is 5.92 Å². The van der Waals surface area contributed by atoms with Crippen molar-refractivity contribution in [1.29, 1.82) is 0 Å². The first-order chi connectivity index (χ1) is 6.95. The van der Waals surface area contributed by atoms with E-state index in [2.05, 4.69) is 23.3 Å². The van der Waals surface area contributed by atoms with E-state index in [1.165, 1.54) is 41.7 Å². The van der Waals surface area contributed by atoms with Crippen LogP contribution in [-0.4, -0.2) is 20.7 Å². The topological polar surface area (TPSA) is 12.9 Å². The second-order valence-electron chi connectivity index (χ2n) is 4.13. The normalized spacial score (nSPS) is 19.1.